The van der Waals surface area contributed by atoms with Crippen molar-refractivity contribution in [2.24, 2.45) is 0 Å². The van der Waals surface area contributed by atoms with E-state index in [4.69, 9.17) is 11.6 Å². The van der Waals surface area contributed by atoms with Crippen LogP contribution in [0.25, 0.3) is 22.2 Å². The Labute approximate surface area is 214 Å². The van der Waals surface area contributed by atoms with Gasteiger partial charge in [0.25, 0.3) is 5.56 Å². The van der Waals surface area contributed by atoms with Gasteiger partial charge >= 0.3 is 0 Å². The molecule has 5 rings (SSSR count). The molecule has 1 fully saturated rings. The van der Waals surface area contributed by atoms with E-state index in [9.17, 15) is 9.90 Å². The van der Waals surface area contributed by atoms with Gasteiger partial charge in [-0.05, 0) is 49.9 Å². The summed E-state index contributed by atoms with van der Waals surface area (Å²) in [6.45, 7) is 4.46. The number of likely N-dealkylation sites (N-methyl/N-ethyl adjacent to an activating group) is 1. The molecular weight excluding hydrogens is 476 g/mol. The van der Waals surface area contributed by atoms with E-state index in [0.29, 0.717) is 40.5 Å². The molecule has 0 amide bonds. The first kappa shape index (κ1) is 24.2. The van der Waals surface area contributed by atoms with Crippen LogP contribution in [-0.2, 0) is 6.54 Å². The van der Waals surface area contributed by atoms with Crippen molar-refractivity contribution < 1.29 is 5.11 Å². The summed E-state index contributed by atoms with van der Waals surface area (Å²) < 4.78 is 1.63. The lowest BCUT2D eigenvalue weighted by molar-refractivity contribution is 0.279. The molecule has 2 aromatic heterocycles. The molecule has 0 bridgehead atoms. The first-order valence-electron chi connectivity index (χ1n) is 12.1. The van der Waals surface area contributed by atoms with E-state index in [1.807, 2.05) is 36.4 Å². The normalized spacial score (nSPS) is 14.4. The minimum Gasteiger partial charge on any atom is -0.396 e. The van der Waals surface area contributed by atoms with Crippen molar-refractivity contribution in [2.75, 3.05) is 50.1 Å². The fourth-order valence-corrected chi connectivity index (χ4v) is 4.72. The molecule has 2 aromatic carbocycles. The monoisotopic (exact) mass is 504 g/mol. The number of rotatable bonds is 7. The number of hydrogen-bond acceptors (Lipinski definition) is 7. The fourth-order valence-electron chi connectivity index (χ4n) is 4.48. The van der Waals surface area contributed by atoms with Crippen molar-refractivity contribution in [3.8, 4) is 11.3 Å². The van der Waals surface area contributed by atoms with Crippen LogP contribution in [0, 0.1) is 0 Å². The van der Waals surface area contributed by atoms with Crippen molar-refractivity contribution >= 4 is 39.8 Å². The third kappa shape index (κ3) is 5.06. The number of fused-ring (bicyclic) bond motifs is 1. The minimum atomic E-state index is -0.244. The second-order valence-corrected chi connectivity index (χ2v) is 9.41. The molecule has 0 radical (unpaired) electrons. The Morgan fingerprint density at radius 2 is 1.81 bits per heavy atom. The summed E-state index contributed by atoms with van der Waals surface area (Å²) in [5, 5.41) is 13.8. The third-order valence-electron chi connectivity index (χ3n) is 6.53. The van der Waals surface area contributed by atoms with Gasteiger partial charge in [-0.3, -0.25) is 4.79 Å². The van der Waals surface area contributed by atoms with Crippen LogP contribution in [0.4, 0.5) is 17.3 Å². The Kier molecular flexibility index (Phi) is 7.18. The van der Waals surface area contributed by atoms with E-state index in [2.05, 4.69) is 44.3 Å². The highest BCUT2D eigenvalue weighted by molar-refractivity contribution is 6.33. The number of hydrogen-bond donors (Lipinski definition) is 2. The quantitative estimate of drug-likeness (QED) is 0.393. The second kappa shape index (κ2) is 10.7. The van der Waals surface area contributed by atoms with Crippen LogP contribution >= 0.6 is 11.6 Å². The Hall–Kier alpha value is -3.46. The van der Waals surface area contributed by atoms with Crippen molar-refractivity contribution in [3.63, 3.8) is 0 Å². The smallest absolute Gasteiger partial charge is 0.277 e. The van der Waals surface area contributed by atoms with E-state index >= 15 is 0 Å². The van der Waals surface area contributed by atoms with Crippen LogP contribution in [0.2, 0.25) is 5.02 Å². The highest BCUT2D eigenvalue weighted by Crippen LogP contribution is 2.29. The molecule has 1 aliphatic rings. The van der Waals surface area contributed by atoms with Crippen LogP contribution in [0.3, 0.4) is 0 Å². The highest BCUT2D eigenvalue weighted by Gasteiger charge is 2.16. The molecule has 0 unspecified atom stereocenters. The predicted molar refractivity (Wildman–Crippen MR) is 145 cm³/mol. The Balaban J connectivity index is 1.45. The standard InChI is InChI=1S/C27H29ClN6O2/c1-32-12-14-33(15-13-32)21-9-7-20(8-10-21)30-27-29-18-19-17-24(22-5-2-3-6-23(22)28)34(11-4-16-35)26(36)25(19)31-27/h2-3,5-10,17-18,35H,4,11-16H2,1H3,(H,29,30,31). The van der Waals surface area contributed by atoms with Crippen LogP contribution in [0.1, 0.15) is 6.42 Å². The summed E-state index contributed by atoms with van der Waals surface area (Å²) in [6, 6.07) is 17.5. The van der Waals surface area contributed by atoms with Crippen molar-refractivity contribution in [1.29, 1.82) is 0 Å². The van der Waals surface area contributed by atoms with Gasteiger partial charge in [-0.25, -0.2) is 9.97 Å². The van der Waals surface area contributed by atoms with Crippen molar-refractivity contribution in [1.82, 2.24) is 19.4 Å². The highest BCUT2D eigenvalue weighted by atomic mass is 35.5. The largest absolute Gasteiger partial charge is 0.396 e. The van der Waals surface area contributed by atoms with Gasteiger partial charge < -0.3 is 24.8 Å². The van der Waals surface area contributed by atoms with E-state index in [-0.39, 0.29) is 12.2 Å². The summed E-state index contributed by atoms with van der Waals surface area (Å²) in [6.07, 6.45) is 2.10. The average Bonchev–Trinajstić information content (AvgIpc) is 2.90. The molecule has 1 saturated heterocycles. The van der Waals surface area contributed by atoms with E-state index in [0.717, 1.165) is 37.4 Å². The third-order valence-corrected chi connectivity index (χ3v) is 6.86. The number of nitrogens with zero attached hydrogens (tertiary/aromatic N) is 5. The Morgan fingerprint density at radius 1 is 1.06 bits per heavy atom. The number of aliphatic hydroxyl groups excluding tert-OH is 1. The van der Waals surface area contributed by atoms with E-state index in [1.54, 1.807) is 16.8 Å². The number of halogens is 1. The van der Waals surface area contributed by atoms with Crippen molar-refractivity contribution in [2.45, 2.75) is 13.0 Å². The van der Waals surface area contributed by atoms with Gasteiger partial charge in [-0.2, -0.15) is 0 Å². The molecule has 0 atom stereocenters. The number of benzene rings is 2. The van der Waals surface area contributed by atoms with Gasteiger partial charge in [-0.15, -0.1) is 0 Å². The molecule has 9 heteroatoms. The lowest BCUT2D eigenvalue weighted by Gasteiger charge is -2.34. The topological polar surface area (TPSA) is 86.5 Å². The lowest BCUT2D eigenvalue weighted by Crippen LogP contribution is -2.44. The Bertz CT molecular complexity index is 1410. The predicted octanol–water partition coefficient (Wildman–Crippen LogP) is 3.99. The molecular formula is C27H29ClN6O2. The summed E-state index contributed by atoms with van der Waals surface area (Å²) in [5.74, 6) is 0.353. The maximum atomic E-state index is 13.5. The van der Waals surface area contributed by atoms with Gasteiger partial charge in [0.2, 0.25) is 5.95 Å². The average molecular weight is 505 g/mol. The molecule has 3 heterocycles. The first-order chi connectivity index (χ1) is 17.5. The first-order valence-corrected chi connectivity index (χ1v) is 12.5. The molecule has 0 saturated carbocycles. The summed E-state index contributed by atoms with van der Waals surface area (Å²) in [5.41, 5.74) is 3.53. The number of piperazine rings is 1. The van der Waals surface area contributed by atoms with Gasteiger partial charge in [0.15, 0.2) is 0 Å². The van der Waals surface area contributed by atoms with Crippen molar-refractivity contribution in [3.05, 3.63) is 76.2 Å². The van der Waals surface area contributed by atoms with Gasteiger partial charge in [0.05, 0.1) is 5.69 Å². The summed E-state index contributed by atoms with van der Waals surface area (Å²) in [7, 11) is 2.15. The number of pyridine rings is 1. The SMILES string of the molecule is CN1CCN(c2ccc(Nc3ncc4cc(-c5ccccc5Cl)n(CCCO)c(=O)c4n3)cc2)CC1. The van der Waals surface area contributed by atoms with Crippen LogP contribution in [0.15, 0.2) is 65.6 Å². The van der Waals surface area contributed by atoms with Crippen LogP contribution in [0.5, 0.6) is 0 Å². The number of aromatic nitrogens is 3. The van der Waals surface area contributed by atoms with Gasteiger partial charge in [0, 0.05) is 72.9 Å². The maximum absolute atomic E-state index is 13.5. The molecule has 8 nitrogen and oxygen atoms in total. The maximum Gasteiger partial charge on any atom is 0.277 e. The fraction of sp³-hybridized carbons (Fsp3) is 0.296. The van der Waals surface area contributed by atoms with E-state index < -0.39 is 0 Å². The second-order valence-electron chi connectivity index (χ2n) is 9.00. The van der Waals surface area contributed by atoms with E-state index in [1.165, 1.54) is 5.69 Å². The number of aliphatic hydroxyl groups is 1. The minimum absolute atomic E-state index is 0.0207. The molecule has 2 N–H and O–H groups in total. The zero-order valence-corrected chi connectivity index (χ0v) is 20.9. The Morgan fingerprint density at radius 3 is 2.53 bits per heavy atom. The lowest BCUT2D eigenvalue weighted by atomic mass is 10.1. The molecule has 0 aliphatic carbocycles. The molecule has 36 heavy (non-hydrogen) atoms. The summed E-state index contributed by atoms with van der Waals surface area (Å²) >= 11 is 6.44. The molecule has 1 aliphatic heterocycles. The van der Waals surface area contributed by atoms with Gasteiger partial charge in [-0.1, -0.05) is 29.8 Å². The molecule has 0 spiro atoms. The molecule has 186 valence electrons. The summed E-state index contributed by atoms with van der Waals surface area (Å²) in [4.78, 5) is 27.2. The number of anilines is 3. The zero-order chi connectivity index (χ0) is 25.1. The molecule has 4 aromatic rings. The van der Waals surface area contributed by atoms with Crippen LogP contribution in [-0.4, -0.2) is 64.4 Å². The zero-order valence-electron chi connectivity index (χ0n) is 20.2. The number of nitrogens with one attached hydrogen (secondary N) is 1. The van der Waals surface area contributed by atoms with Crippen LogP contribution < -0.4 is 15.8 Å². The van der Waals surface area contributed by atoms with Gasteiger partial charge in [0.1, 0.15) is 5.52 Å².